The smallest absolute Gasteiger partial charge is 0.328 e. The highest BCUT2D eigenvalue weighted by atomic mass is 32.2. The highest BCUT2D eigenvalue weighted by molar-refractivity contribution is 7.91. The van der Waals surface area contributed by atoms with Crippen molar-refractivity contribution in [2.75, 3.05) is 26.1 Å². The van der Waals surface area contributed by atoms with E-state index in [4.69, 9.17) is 4.74 Å². The number of benzene rings is 1. The van der Waals surface area contributed by atoms with Gasteiger partial charge in [0.1, 0.15) is 12.6 Å². The molecular weight excluding hydrogens is 322 g/mol. The van der Waals surface area contributed by atoms with E-state index in [1.165, 1.54) is 19.2 Å². The van der Waals surface area contributed by atoms with Gasteiger partial charge in [-0.05, 0) is 25.5 Å². The van der Waals surface area contributed by atoms with Gasteiger partial charge in [-0.3, -0.25) is 4.79 Å². The fourth-order valence-corrected chi connectivity index (χ4v) is 3.19. The molecule has 0 spiro atoms. The van der Waals surface area contributed by atoms with Gasteiger partial charge in [-0.15, -0.1) is 0 Å². The number of hydrogen-bond donors (Lipinski definition) is 1. The monoisotopic (exact) mass is 343 g/mol. The van der Waals surface area contributed by atoms with Gasteiger partial charge in [-0.2, -0.15) is 0 Å². The van der Waals surface area contributed by atoms with Crippen molar-refractivity contribution >= 4 is 21.7 Å². The van der Waals surface area contributed by atoms with Crippen molar-refractivity contribution in [1.82, 2.24) is 5.32 Å². The maximum atomic E-state index is 12.2. The van der Waals surface area contributed by atoms with Gasteiger partial charge in [-0.1, -0.05) is 18.2 Å². The number of rotatable bonds is 9. The van der Waals surface area contributed by atoms with Crippen LogP contribution in [0.25, 0.3) is 0 Å². The van der Waals surface area contributed by atoms with Crippen molar-refractivity contribution < 1.29 is 27.5 Å². The van der Waals surface area contributed by atoms with Crippen LogP contribution in [0.5, 0.6) is 0 Å². The van der Waals surface area contributed by atoms with Gasteiger partial charge in [0, 0.05) is 6.61 Å². The van der Waals surface area contributed by atoms with Crippen LogP contribution in [0.4, 0.5) is 0 Å². The lowest BCUT2D eigenvalue weighted by molar-refractivity contribution is -0.145. The average Bonchev–Trinajstić information content (AvgIpc) is 2.56. The normalized spacial score (nSPS) is 12.4. The summed E-state index contributed by atoms with van der Waals surface area (Å²) in [5.41, 5.74) is 0. The van der Waals surface area contributed by atoms with E-state index < -0.39 is 27.8 Å². The van der Waals surface area contributed by atoms with Gasteiger partial charge in [-0.25, -0.2) is 13.2 Å². The number of hydrogen-bond acceptors (Lipinski definition) is 6. The summed E-state index contributed by atoms with van der Waals surface area (Å²) in [6.45, 7) is 1.89. The lowest BCUT2D eigenvalue weighted by Gasteiger charge is -2.16. The van der Waals surface area contributed by atoms with Gasteiger partial charge >= 0.3 is 5.97 Å². The van der Waals surface area contributed by atoms with Gasteiger partial charge in [0.2, 0.25) is 5.91 Å². The van der Waals surface area contributed by atoms with E-state index >= 15 is 0 Å². The zero-order valence-corrected chi connectivity index (χ0v) is 14.0. The highest BCUT2D eigenvalue weighted by Gasteiger charge is 2.25. The van der Waals surface area contributed by atoms with Crippen LogP contribution < -0.4 is 5.32 Å². The molecule has 8 heteroatoms. The van der Waals surface area contributed by atoms with E-state index in [2.05, 4.69) is 10.1 Å². The Hall–Kier alpha value is -1.93. The number of carbonyl (C=O) groups excluding carboxylic acids is 2. The van der Waals surface area contributed by atoms with Gasteiger partial charge in [0.25, 0.3) is 0 Å². The molecule has 0 aliphatic heterocycles. The summed E-state index contributed by atoms with van der Waals surface area (Å²) in [5.74, 6) is -1.48. The lowest BCUT2D eigenvalue weighted by atomic mass is 10.2. The minimum atomic E-state index is -3.54. The summed E-state index contributed by atoms with van der Waals surface area (Å²) in [4.78, 5) is 23.5. The Morgan fingerprint density at radius 2 is 1.87 bits per heavy atom. The van der Waals surface area contributed by atoms with E-state index in [-0.39, 0.29) is 23.7 Å². The molecule has 1 N–H and O–H groups in total. The van der Waals surface area contributed by atoms with Crippen molar-refractivity contribution in [2.24, 2.45) is 0 Å². The quantitative estimate of drug-likeness (QED) is 0.657. The second kappa shape index (κ2) is 9.26. The molecule has 0 aliphatic carbocycles. The summed E-state index contributed by atoms with van der Waals surface area (Å²) in [7, 11) is -2.36. The van der Waals surface area contributed by atoms with E-state index in [1.807, 2.05) is 0 Å². The van der Waals surface area contributed by atoms with Gasteiger partial charge in [0.05, 0.1) is 17.8 Å². The van der Waals surface area contributed by atoms with Crippen LogP contribution in [0, 0.1) is 0 Å². The van der Waals surface area contributed by atoms with Crippen LogP contribution in [0.3, 0.4) is 0 Å². The van der Waals surface area contributed by atoms with Crippen LogP contribution in [0.2, 0.25) is 0 Å². The second-order valence-corrected chi connectivity index (χ2v) is 6.81. The third kappa shape index (κ3) is 6.37. The van der Waals surface area contributed by atoms with E-state index in [9.17, 15) is 18.0 Å². The number of nitrogens with one attached hydrogen (secondary N) is 1. The predicted molar refractivity (Wildman–Crippen MR) is 83.6 cm³/mol. The topological polar surface area (TPSA) is 98.8 Å². The highest BCUT2D eigenvalue weighted by Crippen LogP contribution is 2.12. The summed E-state index contributed by atoms with van der Waals surface area (Å²) in [5, 5.41) is 2.42. The first-order chi connectivity index (χ1) is 10.9. The fraction of sp³-hybridized carbons (Fsp3) is 0.467. The Morgan fingerprint density at radius 1 is 1.22 bits per heavy atom. The molecule has 0 unspecified atom stereocenters. The first-order valence-electron chi connectivity index (χ1n) is 7.13. The first-order valence-corrected chi connectivity index (χ1v) is 8.78. The Morgan fingerprint density at radius 3 is 2.43 bits per heavy atom. The Kier molecular flexibility index (Phi) is 7.70. The number of methoxy groups -OCH3 is 1. The zero-order chi connectivity index (χ0) is 17.3. The Labute approximate surface area is 135 Å². The van der Waals surface area contributed by atoms with Crippen LogP contribution in [-0.4, -0.2) is 52.4 Å². The van der Waals surface area contributed by atoms with Crippen molar-refractivity contribution in [3.05, 3.63) is 30.3 Å². The summed E-state index contributed by atoms with van der Waals surface area (Å²) >= 11 is 0. The number of esters is 1. The van der Waals surface area contributed by atoms with Crippen molar-refractivity contribution in [2.45, 2.75) is 24.3 Å². The average molecular weight is 343 g/mol. The second-order valence-electron chi connectivity index (χ2n) is 4.70. The summed E-state index contributed by atoms with van der Waals surface area (Å²) in [6, 6.07) is 6.88. The van der Waals surface area contributed by atoms with Crippen LogP contribution in [0.15, 0.2) is 35.2 Å². The fourth-order valence-electron chi connectivity index (χ4n) is 1.84. The van der Waals surface area contributed by atoms with Gasteiger partial charge < -0.3 is 14.8 Å². The molecule has 0 radical (unpaired) electrons. The molecule has 0 aromatic heterocycles. The number of sulfone groups is 1. The molecule has 1 aromatic carbocycles. The van der Waals surface area contributed by atoms with Crippen LogP contribution in [-0.2, 0) is 28.9 Å². The first kappa shape index (κ1) is 19.1. The minimum Gasteiger partial charge on any atom is -0.467 e. The molecule has 128 valence electrons. The Bertz CT molecular complexity index is 614. The maximum absolute atomic E-state index is 12.2. The SMILES string of the molecule is CCOCC(=O)N[C@@H](CCS(=O)(=O)c1ccccc1)C(=O)OC. The molecule has 1 rings (SSSR count). The van der Waals surface area contributed by atoms with Crippen molar-refractivity contribution in [1.29, 1.82) is 0 Å². The number of carbonyl (C=O) groups is 2. The van der Waals surface area contributed by atoms with Crippen LogP contribution in [0.1, 0.15) is 13.3 Å². The molecule has 7 nitrogen and oxygen atoms in total. The molecule has 0 saturated carbocycles. The molecule has 0 fully saturated rings. The van der Waals surface area contributed by atoms with Crippen LogP contribution >= 0.6 is 0 Å². The van der Waals surface area contributed by atoms with E-state index in [0.717, 1.165) is 0 Å². The summed E-state index contributed by atoms with van der Waals surface area (Å²) < 4.78 is 34.0. The lowest BCUT2D eigenvalue weighted by Crippen LogP contribution is -2.44. The molecule has 0 aliphatic rings. The third-order valence-electron chi connectivity index (χ3n) is 3.04. The minimum absolute atomic E-state index is 0.0816. The molecule has 0 bridgehead atoms. The molecular formula is C15H21NO6S. The zero-order valence-electron chi connectivity index (χ0n) is 13.2. The molecule has 0 heterocycles. The summed E-state index contributed by atoms with van der Waals surface area (Å²) in [6.07, 6.45) is -0.0816. The number of ether oxygens (including phenoxy) is 2. The van der Waals surface area contributed by atoms with Crippen molar-refractivity contribution in [3.63, 3.8) is 0 Å². The third-order valence-corrected chi connectivity index (χ3v) is 4.80. The van der Waals surface area contributed by atoms with E-state index in [1.54, 1.807) is 25.1 Å². The largest absolute Gasteiger partial charge is 0.467 e. The molecule has 1 amide bonds. The van der Waals surface area contributed by atoms with Gasteiger partial charge in [0.15, 0.2) is 9.84 Å². The van der Waals surface area contributed by atoms with E-state index in [0.29, 0.717) is 6.61 Å². The molecule has 23 heavy (non-hydrogen) atoms. The molecule has 1 aromatic rings. The standard InChI is InChI=1S/C15H21NO6S/c1-3-22-11-14(17)16-13(15(18)21-2)9-10-23(19,20)12-7-5-4-6-8-12/h4-8,13H,3,9-11H2,1-2H3,(H,16,17)/t13-/m0/s1. The molecule has 1 atom stereocenters. The Balaban J connectivity index is 2.71. The number of amides is 1. The van der Waals surface area contributed by atoms with Crippen molar-refractivity contribution in [3.8, 4) is 0 Å². The predicted octanol–water partition coefficient (Wildman–Crippen LogP) is 0.545. The molecule has 0 saturated heterocycles. The maximum Gasteiger partial charge on any atom is 0.328 e.